The quantitative estimate of drug-likeness (QED) is 0.579. The number of imide groups is 1. The molecule has 19 heavy (non-hydrogen) atoms. The van der Waals surface area contributed by atoms with Crippen LogP contribution in [-0.2, 0) is 14.3 Å². The van der Waals surface area contributed by atoms with Crippen molar-refractivity contribution in [3.8, 4) is 11.8 Å². The maximum absolute atomic E-state index is 11.7. The zero-order chi connectivity index (χ0) is 13.8. The second-order valence-electron chi connectivity index (χ2n) is 4.07. The summed E-state index contributed by atoms with van der Waals surface area (Å²) in [6.07, 6.45) is 0. The molecule has 1 saturated heterocycles. The minimum atomic E-state index is -0.388. The Balaban J connectivity index is 2.39. The van der Waals surface area contributed by atoms with E-state index in [1.165, 1.54) is 0 Å². The van der Waals surface area contributed by atoms with Crippen LogP contribution in [0.3, 0.4) is 0 Å². The third-order valence-corrected chi connectivity index (χ3v) is 2.73. The first-order valence-electron chi connectivity index (χ1n) is 5.77. The highest BCUT2D eigenvalue weighted by atomic mass is 16.5. The standard InChI is InChI=1S/C14H13NO4/c1-10-4-5-12(7-11(10)3-2-6-16)15-13(17)8-19-9-14(15)18/h4-5,7,16H,6,8-9H2,1H3. The fourth-order valence-electron chi connectivity index (χ4n) is 1.80. The van der Waals surface area contributed by atoms with Gasteiger partial charge in [-0.05, 0) is 24.6 Å². The van der Waals surface area contributed by atoms with Crippen molar-refractivity contribution >= 4 is 17.5 Å². The van der Waals surface area contributed by atoms with E-state index in [0.29, 0.717) is 11.3 Å². The summed E-state index contributed by atoms with van der Waals surface area (Å²) in [5, 5.41) is 8.71. The molecule has 0 bridgehead atoms. The molecule has 0 saturated carbocycles. The van der Waals surface area contributed by atoms with Crippen LogP contribution in [0.4, 0.5) is 5.69 Å². The number of anilines is 1. The first kappa shape index (κ1) is 13.3. The fraction of sp³-hybridized carbons (Fsp3) is 0.286. The highest BCUT2D eigenvalue weighted by Gasteiger charge is 2.28. The van der Waals surface area contributed by atoms with Crippen molar-refractivity contribution in [2.75, 3.05) is 24.7 Å². The van der Waals surface area contributed by atoms with Crippen LogP contribution in [0.15, 0.2) is 18.2 Å². The molecule has 1 aromatic carbocycles. The van der Waals surface area contributed by atoms with Crippen LogP contribution < -0.4 is 4.90 Å². The number of morpholine rings is 1. The van der Waals surface area contributed by atoms with Gasteiger partial charge in [-0.1, -0.05) is 17.9 Å². The van der Waals surface area contributed by atoms with Gasteiger partial charge in [0.1, 0.15) is 19.8 Å². The predicted octanol–water partition coefficient (Wildman–Crippen LogP) is 0.229. The lowest BCUT2D eigenvalue weighted by Gasteiger charge is -2.25. The smallest absolute Gasteiger partial charge is 0.259 e. The zero-order valence-corrected chi connectivity index (χ0v) is 10.5. The van der Waals surface area contributed by atoms with Crippen molar-refractivity contribution in [3.63, 3.8) is 0 Å². The lowest BCUT2D eigenvalue weighted by molar-refractivity contribution is -0.138. The van der Waals surface area contributed by atoms with Gasteiger partial charge in [0.2, 0.25) is 0 Å². The van der Waals surface area contributed by atoms with E-state index in [0.717, 1.165) is 10.5 Å². The average molecular weight is 259 g/mol. The number of benzene rings is 1. The highest BCUT2D eigenvalue weighted by molar-refractivity contribution is 6.17. The van der Waals surface area contributed by atoms with E-state index in [4.69, 9.17) is 9.84 Å². The number of carbonyl (C=O) groups excluding carboxylic acids is 2. The summed E-state index contributed by atoms with van der Waals surface area (Å²) >= 11 is 0. The normalized spacial score (nSPS) is 15.2. The Kier molecular flexibility index (Phi) is 3.95. The molecule has 5 heteroatoms. The van der Waals surface area contributed by atoms with Crippen LogP contribution in [0.2, 0.25) is 0 Å². The summed E-state index contributed by atoms with van der Waals surface area (Å²) in [5.74, 6) is 4.57. The van der Waals surface area contributed by atoms with Crippen molar-refractivity contribution in [2.45, 2.75) is 6.92 Å². The van der Waals surface area contributed by atoms with E-state index < -0.39 is 0 Å². The van der Waals surface area contributed by atoms with Gasteiger partial charge in [0.05, 0.1) is 5.69 Å². The van der Waals surface area contributed by atoms with Crippen molar-refractivity contribution in [2.24, 2.45) is 0 Å². The summed E-state index contributed by atoms with van der Waals surface area (Å²) < 4.78 is 4.86. The van der Waals surface area contributed by atoms with E-state index in [1.807, 2.05) is 6.92 Å². The molecular formula is C14H13NO4. The second-order valence-corrected chi connectivity index (χ2v) is 4.07. The summed E-state index contributed by atoms with van der Waals surface area (Å²) in [4.78, 5) is 24.5. The van der Waals surface area contributed by atoms with Crippen LogP contribution in [0.1, 0.15) is 11.1 Å². The van der Waals surface area contributed by atoms with Crippen LogP contribution in [-0.4, -0.2) is 36.7 Å². The third kappa shape index (κ3) is 2.81. The van der Waals surface area contributed by atoms with Crippen LogP contribution in [0.25, 0.3) is 0 Å². The van der Waals surface area contributed by atoms with Gasteiger partial charge in [-0.3, -0.25) is 9.59 Å². The van der Waals surface area contributed by atoms with Gasteiger partial charge < -0.3 is 9.84 Å². The molecule has 1 aliphatic heterocycles. The molecule has 1 heterocycles. The Morgan fingerprint density at radius 2 is 2.00 bits per heavy atom. The first-order chi connectivity index (χ1) is 9.13. The van der Waals surface area contributed by atoms with Gasteiger partial charge in [-0.2, -0.15) is 0 Å². The predicted molar refractivity (Wildman–Crippen MR) is 68.5 cm³/mol. The number of amides is 2. The van der Waals surface area contributed by atoms with Gasteiger partial charge in [-0.25, -0.2) is 4.90 Å². The van der Waals surface area contributed by atoms with Crippen molar-refractivity contribution in [1.29, 1.82) is 0 Å². The minimum Gasteiger partial charge on any atom is -0.384 e. The molecule has 1 aliphatic rings. The Morgan fingerprint density at radius 1 is 1.32 bits per heavy atom. The number of ether oxygens (including phenoxy) is 1. The largest absolute Gasteiger partial charge is 0.384 e. The summed E-state index contributed by atoms with van der Waals surface area (Å²) in [7, 11) is 0. The molecule has 1 aromatic rings. The molecule has 1 fully saturated rings. The Labute approximate surface area is 110 Å². The highest BCUT2D eigenvalue weighted by Crippen LogP contribution is 2.21. The number of aliphatic hydroxyl groups excluding tert-OH is 1. The molecule has 0 radical (unpaired) electrons. The molecule has 0 atom stereocenters. The Hall–Kier alpha value is -2.16. The zero-order valence-electron chi connectivity index (χ0n) is 10.5. The van der Waals surface area contributed by atoms with E-state index in [1.54, 1.807) is 18.2 Å². The lowest BCUT2D eigenvalue weighted by atomic mass is 10.1. The maximum atomic E-state index is 11.7. The number of nitrogens with zero attached hydrogens (tertiary/aromatic N) is 1. The molecule has 0 spiro atoms. The third-order valence-electron chi connectivity index (χ3n) is 2.73. The van der Waals surface area contributed by atoms with E-state index >= 15 is 0 Å². The Morgan fingerprint density at radius 3 is 2.63 bits per heavy atom. The van der Waals surface area contributed by atoms with Gasteiger partial charge >= 0.3 is 0 Å². The van der Waals surface area contributed by atoms with Crippen LogP contribution in [0, 0.1) is 18.8 Å². The topological polar surface area (TPSA) is 66.8 Å². The molecule has 2 rings (SSSR count). The van der Waals surface area contributed by atoms with Crippen LogP contribution >= 0.6 is 0 Å². The molecule has 0 unspecified atom stereocenters. The molecule has 5 nitrogen and oxygen atoms in total. The van der Waals surface area contributed by atoms with Crippen molar-refractivity contribution in [1.82, 2.24) is 0 Å². The SMILES string of the molecule is Cc1ccc(N2C(=O)COCC2=O)cc1C#CCO. The number of aryl methyl sites for hydroxylation is 1. The molecular weight excluding hydrogens is 246 g/mol. The van der Waals surface area contributed by atoms with E-state index in [-0.39, 0.29) is 31.6 Å². The second kappa shape index (κ2) is 5.65. The van der Waals surface area contributed by atoms with Gasteiger partial charge in [-0.15, -0.1) is 0 Å². The fourth-order valence-corrected chi connectivity index (χ4v) is 1.80. The minimum absolute atomic E-state index is 0.0999. The number of hydrogen-bond acceptors (Lipinski definition) is 4. The van der Waals surface area contributed by atoms with Crippen molar-refractivity contribution < 1.29 is 19.4 Å². The lowest BCUT2D eigenvalue weighted by Crippen LogP contribution is -2.46. The summed E-state index contributed by atoms with van der Waals surface area (Å²) in [6.45, 7) is 1.43. The van der Waals surface area contributed by atoms with Gasteiger partial charge in [0.25, 0.3) is 11.8 Å². The molecule has 98 valence electrons. The number of hydrogen-bond donors (Lipinski definition) is 1. The molecule has 0 aromatic heterocycles. The number of carbonyl (C=O) groups is 2. The molecule has 1 N–H and O–H groups in total. The molecule has 0 aliphatic carbocycles. The van der Waals surface area contributed by atoms with Crippen LogP contribution in [0.5, 0.6) is 0 Å². The van der Waals surface area contributed by atoms with E-state index in [2.05, 4.69) is 11.8 Å². The van der Waals surface area contributed by atoms with E-state index in [9.17, 15) is 9.59 Å². The van der Waals surface area contributed by atoms with Crippen molar-refractivity contribution in [3.05, 3.63) is 29.3 Å². The summed E-state index contributed by atoms with van der Waals surface area (Å²) in [6, 6.07) is 5.15. The van der Waals surface area contributed by atoms with Gasteiger partial charge in [0.15, 0.2) is 0 Å². The first-order valence-corrected chi connectivity index (χ1v) is 5.77. The Bertz CT molecular complexity index is 567. The van der Waals surface area contributed by atoms with Gasteiger partial charge in [0, 0.05) is 5.56 Å². The maximum Gasteiger partial charge on any atom is 0.259 e. The monoisotopic (exact) mass is 259 g/mol. The average Bonchev–Trinajstić information content (AvgIpc) is 2.39. The molecule has 2 amide bonds. The summed E-state index contributed by atoms with van der Waals surface area (Å²) in [5.41, 5.74) is 2.07. The number of rotatable bonds is 1. The number of aliphatic hydroxyl groups is 1.